The van der Waals surface area contributed by atoms with Crippen molar-refractivity contribution in [1.29, 1.82) is 0 Å². The molecule has 0 amide bonds. The zero-order valence-electron chi connectivity index (χ0n) is 10.2. The summed E-state index contributed by atoms with van der Waals surface area (Å²) >= 11 is 0. The second-order valence-corrected chi connectivity index (χ2v) is 4.54. The molecule has 18 heavy (non-hydrogen) atoms. The Bertz CT molecular complexity index is 700. The number of nitrogens with zero attached hydrogens (tertiary/aromatic N) is 1. The Morgan fingerprint density at radius 3 is 2.39 bits per heavy atom. The molecule has 0 fully saturated rings. The van der Waals surface area contributed by atoms with Crippen molar-refractivity contribution in [3.63, 3.8) is 0 Å². The maximum absolute atomic E-state index is 5.71. The summed E-state index contributed by atoms with van der Waals surface area (Å²) in [6.07, 6.45) is 1.89. The highest BCUT2D eigenvalue weighted by molar-refractivity contribution is 5.84. The van der Waals surface area contributed by atoms with Crippen molar-refractivity contribution in [3.8, 4) is 11.1 Å². The Morgan fingerprint density at radius 2 is 1.61 bits per heavy atom. The van der Waals surface area contributed by atoms with E-state index in [9.17, 15) is 0 Å². The SMILES string of the molecule is Cc1cnc2ccc(-c3ccc(N)cc3)cc2c1. The smallest absolute Gasteiger partial charge is 0.0702 e. The van der Waals surface area contributed by atoms with Crippen molar-refractivity contribution in [2.45, 2.75) is 6.92 Å². The topological polar surface area (TPSA) is 38.9 Å². The van der Waals surface area contributed by atoms with Crippen molar-refractivity contribution >= 4 is 16.6 Å². The quantitative estimate of drug-likeness (QED) is 0.650. The summed E-state index contributed by atoms with van der Waals surface area (Å²) in [4.78, 5) is 4.41. The van der Waals surface area contributed by atoms with Crippen LogP contribution in [-0.2, 0) is 0 Å². The molecule has 0 aliphatic rings. The Hall–Kier alpha value is -2.35. The Labute approximate surface area is 106 Å². The molecule has 0 radical (unpaired) electrons. The summed E-state index contributed by atoms with van der Waals surface area (Å²) in [5.41, 5.74) is 11.1. The first-order valence-electron chi connectivity index (χ1n) is 5.95. The van der Waals surface area contributed by atoms with Gasteiger partial charge in [-0.1, -0.05) is 18.2 Å². The largest absolute Gasteiger partial charge is 0.399 e. The first kappa shape index (κ1) is 10.8. The number of aryl methyl sites for hydroxylation is 1. The summed E-state index contributed by atoms with van der Waals surface area (Å²) in [6.45, 7) is 2.06. The van der Waals surface area contributed by atoms with Crippen LogP contribution in [0.15, 0.2) is 54.7 Å². The van der Waals surface area contributed by atoms with Gasteiger partial charge in [-0.2, -0.15) is 0 Å². The normalized spacial score (nSPS) is 10.7. The van der Waals surface area contributed by atoms with Gasteiger partial charge in [0.05, 0.1) is 5.52 Å². The van der Waals surface area contributed by atoms with Gasteiger partial charge in [-0.25, -0.2) is 0 Å². The number of pyridine rings is 1. The molecule has 1 aromatic heterocycles. The molecule has 3 rings (SSSR count). The fraction of sp³-hybridized carbons (Fsp3) is 0.0625. The third-order valence-electron chi connectivity index (χ3n) is 3.06. The average molecular weight is 234 g/mol. The van der Waals surface area contributed by atoms with E-state index in [-0.39, 0.29) is 0 Å². The van der Waals surface area contributed by atoms with Crippen LogP contribution in [0.4, 0.5) is 5.69 Å². The van der Waals surface area contributed by atoms with E-state index in [1.54, 1.807) is 0 Å². The molecule has 2 nitrogen and oxygen atoms in total. The molecule has 0 aliphatic carbocycles. The van der Waals surface area contributed by atoms with Gasteiger partial charge in [0.25, 0.3) is 0 Å². The van der Waals surface area contributed by atoms with Crippen LogP contribution in [0.5, 0.6) is 0 Å². The van der Waals surface area contributed by atoms with Crippen LogP contribution in [-0.4, -0.2) is 4.98 Å². The number of hydrogen-bond acceptors (Lipinski definition) is 2. The third-order valence-corrected chi connectivity index (χ3v) is 3.06. The van der Waals surface area contributed by atoms with Gasteiger partial charge in [0.1, 0.15) is 0 Å². The number of fused-ring (bicyclic) bond motifs is 1. The molecule has 2 heteroatoms. The van der Waals surface area contributed by atoms with E-state index < -0.39 is 0 Å². The number of benzene rings is 2. The van der Waals surface area contributed by atoms with Crippen LogP contribution >= 0.6 is 0 Å². The number of hydrogen-bond donors (Lipinski definition) is 1. The minimum atomic E-state index is 0.789. The van der Waals surface area contributed by atoms with Crippen molar-refractivity contribution in [1.82, 2.24) is 4.98 Å². The van der Waals surface area contributed by atoms with Crippen molar-refractivity contribution in [2.75, 3.05) is 5.73 Å². The maximum Gasteiger partial charge on any atom is 0.0702 e. The predicted molar refractivity (Wildman–Crippen MR) is 76.3 cm³/mol. The van der Waals surface area contributed by atoms with E-state index in [0.29, 0.717) is 0 Å². The molecule has 1 heterocycles. The standard InChI is InChI=1S/C16H14N2/c1-11-8-14-9-13(4-7-16(14)18-10-11)12-2-5-15(17)6-3-12/h2-10H,17H2,1H3. The van der Waals surface area contributed by atoms with E-state index in [1.807, 2.05) is 30.5 Å². The van der Waals surface area contributed by atoms with Crippen LogP contribution in [0.25, 0.3) is 22.0 Å². The lowest BCUT2D eigenvalue weighted by Crippen LogP contribution is -1.85. The van der Waals surface area contributed by atoms with E-state index in [0.717, 1.165) is 11.2 Å². The highest BCUT2D eigenvalue weighted by Gasteiger charge is 2.00. The molecule has 2 aromatic carbocycles. The zero-order valence-corrected chi connectivity index (χ0v) is 10.2. The first-order chi connectivity index (χ1) is 8.72. The van der Waals surface area contributed by atoms with Gasteiger partial charge in [-0.3, -0.25) is 4.98 Å². The van der Waals surface area contributed by atoms with E-state index in [1.165, 1.54) is 22.1 Å². The highest BCUT2D eigenvalue weighted by Crippen LogP contribution is 2.24. The molecular formula is C16H14N2. The number of anilines is 1. The lowest BCUT2D eigenvalue weighted by molar-refractivity contribution is 1.33. The van der Waals surface area contributed by atoms with Gasteiger partial charge in [0, 0.05) is 17.3 Å². The number of rotatable bonds is 1. The molecule has 0 bridgehead atoms. The summed E-state index contributed by atoms with van der Waals surface area (Å²) in [5.74, 6) is 0. The summed E-state index contributed by atoms with van der Waals surface area (Å²) in [7, 11) is 0. The third kappa shape index (κ3) is 1.93. The van der Waals surface area contributed by atoms with Crippen LogP contribution in [0.3, 0.4) is 0 Å². The predicted octanol–water partition coefficient (Wildman–Crippen LogP) is 3.79. The van der Waals surface area contributed by atoms with E-state index in [2.05, 4.69) is 36.2 Å². The van der Waals surface area contributed by atoms with E-state index >= 15 is 0 Å². The van der Waals surface area contributed by atoms with Crippen molar-refractivity contribution in [3.05, 3.63) is 60.3 Å². The molecule has 0 atom stereocenters. The molecular weight excluding hydrogens is 220 g/mol. The Balaban J connectivity index is 2.15. The minimum Gasteiger partial charge on any atom is -0.399 e. The molecule has 2 N–H and O–H groups in total. The fourth-order valence-corrected chi connectivity index (χ4v) is 2.10. The van der Waals surface area contributed by atoms with Crippen LogP contribution in [0.2, 0.25) is 0 Å². The fourth-order valence-electron chi connectivity index (χ4n) is 2.10. The lowest BCUT2D eigenvalue weighted by atomic mass is 10.0. The number of nitrogens with two attached hydrogens (primary N) is 1. The Morgan fingerprint density at radius 1 is 0.889 bits per heavy atom. The van der Waals surface area contributed by atoms with Crippen LogP contribution < -0.4 is 5.73 Å². The second-order valence-electron chi connectivity index (χ2n) is 4.54. The maximum atomic E-state index is 5.71. The van der Waals surface area contributed by atoms with Gasteiger partial charge >= 0.3 is 0 Å². The van der Waals surface area contributed by atoms with Gasteiger partial charge in [0.15, 0.2) is 0 Å². The molecule has 0 saturated heterocycles. The minimum absolute atomic E-state index is 0.789. The van der Waals surface area contributed by atoms with Gasteiger partial charge in [-0.05, 0) is 53.9 Å². The van der Waals surface area contributed by atoms with Crippen LogP contribution in [0.1, 0.15) is 5.56 Å². The Kier molecular flexibility index (Phi) is 2.49. The monoisotopic (exact) mass is 234 g/mol. The summed E-state index contributed by atoms with van der Waals surface area (Å²) in [6, 6.07) is 16.4. The summed E-state index contributed by atoms with van der Waals surface area (Å²) in [5, 5.41) is 1.17. The first-order valence-corrected chi connectivity index (χ1v) is 5.95. The highest BCUT2D eigenvalue weighted by atomic mass is 14.6. The van der Waals surface area contributed by atoms with E-state index in [4.69, 9.17) is 5.73 Å². The molecule has 0 unspecified atom stereocenters. The van der Waals surface area contributed by atoms with Crippen molar-refractivity contribution in [2.24, 2.45) is 0 Å². The van der Waals surface area contributed by atoms with Crippen molar-refractivity contribution < 1.29 is 0 Å². The van der Waals surface area contributed by atoms with Gasteiger partial charge < -0.3 is 5.73 Å². The molecule has 0 aliphatic heterocycles. The van der Waals surface area contributed by atoms with Gasteiger partial charge in [-0.15, -0.1) is 0 Å². The number of nitrogen functional groups attached to an aromatic ring is 1. The lowest BCUT2D eigenvalue weighted by Gasteiger charge is -2.05. The molecule has 88 valence electrons. The van der Waals surface area contributed by atoms with Gasteiger partial charge in [0.2, 0.25) is 0 Å². The zero-order chi connectivity index (χ0) is 12.5. The molecule has 0 saturated carbocycles. The van der Waals surface area contributed by atoms with Crippen LogP contribution in [0, 0.1) is 6.92 Å². The summed E-state index contributed by atoms with van der Waals surface area (Å²) < 4.78 is 0. The molecule has 0 spiro atoms. The average Bonchev–Trinajstić information content (AvgIpc) is 2.38. The molecule has 3 aromatic rings. The number of aromatic nitrogens is 1. The second kappa shape index (κ2) is 4.15.